The lowest BCUT2D eigenvalue weighted by Gasteiger charge is -1.92. The minimum Gasteiger partial charge on any atom is -0.464 e. The Kier molecular flexibility index (Phi) is 1.93. The summed E-state index contributed by atoms with van der Waals surface area (Å²) in [6, 6.07) is 6.07. The van der Waals surface area contributed by atoms with E-state index in [-0.39, 0.29) is 0 Å². The Labute approximate surface area is 79.5 Å². The highest BCUT2D eigenvalue weighted by molar-refractivity contribution is 9.10. The minimum absolute atomic E-state index is 0.968. The number of benzene rings is 1. The summed E-state index contributed by atoms with van der Waals surface area (Å²) in [6.07, 6.45) is 2.85. The van der Waals surface area contributed by atoms with Crippen LogP contribution in [0.1, 0.15) is 12.5 Å². The summed E-state index contributed by atoms with van der Waals surface area (Å²) >= 11 is 3.44. The molecule has 1 aromatic heterocycles. The van der Waals surface area contributed by atoms with Crippen molar-refractivity contribution >= 4 is 26.9 Å². The molecular formula is C10H9BrO. The van der Waals surface area contributed by atoms with Gasteiger partial charge in [0, 0.05) is 9.86 Å². The summed E-state index contributed by atoms with van der Waals surface area (Å²) in [5, 5.41) is 1.21. The Balaban J connectivity index is 2.75. The van der Waals surface area contributed by atoms with Crippen LogP contribution in [-0.4, -0.2) is 0 Å². The van der Waals surface area contributed by atoms with E-state index in [4.69, 9.17) is 4.42 Å². The van der Waals surface area contributed by atoms with E-state index in [1.54, 1.807) is 0 Å². The Morgan fingerprint density at radius 3 is 3.00 bits per heavy atom. The largest absolute Gasteiger partial charge is 0.464 e. The number of hydrogen-bond acceptors (Lipinski definition) is 1. The quantitative estimate of drug-likeness (QED) is 0.720. The van der Waals surface area contributed by atoms with E-state index in [0.29, 0.717) is 0 Å². The molecule has 62 valence electrons. The third-order valence-corrected chi connectivity index (χ3v) is 2.49. The van der Waals surface area contributed by atoms with Gasteiger partial charge in [-0.3, -0.25) is 0 Å². The van der Waals surface area contributed by atoms with Crippen LogP contribution in [0.25, 0.3) is 11.0 Å². The van der Waals surface area contributed by atoms with Gasteiger partial charge in [0.15, 0.2) is 0 Å². The first kappa shape index (κ1) is 7.87. The molecule has 1 nitrogen and oxygen atoms in total. The van der Waals surface area contributed by atoms with Gasteiger partial charge in [0.25, 0.3) is 0 Å². The van der Waals surface area contributed by atoms with Gasteiger partial charge in [-0.15, -0.1) is 0 Å². The molecule has 0 spiro atoms. The summed E-state index contributed by atoms with van der Waals surface area (Å²) in [4.78, 5) is 0. The first-order valence-electron chi connectivity index (χ1n) is 3.97. The van der Waals surface area contributed by atoms with Crippen LogP contribution in [0.15, 0.2) is 33.4 Å². The van der Waals surface area contributed by atoms with Crippen LogP contribution in [0.4, 0.5) is 0 Å². The molecule has 0 saturated carbocycles. The molecule has 0 aliphatic rings. The van der Waals surface area contributed by atoms with Crippen molar-refractivity contribution in [1.29, 1.82) is 0 Å². The first-order valence-corrected chi connectivity index (χ1v) is 4.76. The number of fused-ring (bicyclic) bond motifs is 1. The molecule has 0 amide bonds. The molecule has 12 heavy (non-hydrogen) atoms. The van der Waals surface area contributed by atoms with Crippen molar-refractivity contribution in [2.45, 2.75) is 13.3 Å². The molecule has 0 N–H and O–H groups in total. The van der Waals surface area contributed by atoms with Crippen molar-refractivity contribution in [2.75, 3.05) is 0 Å². The number of aryl methyl sites for hydroxylation is 1. The monoisotopic (exact) mass is 224 g/mol. The zero-order valence-corrected chi connectivity index (χ0v) is 8.39. The first-order chi connectivity index (χ1) is 5.81. The lowest BCUT2D eigenvalue weighted by atomic mass is 10.1. The van der Waals surface area contributed by atoms with E-state index in [2.05, 4.69) is 28.9 Å². The predicted molar refractivity (Wildman–Crippen MR) is 53.3 cm³/mol. The average Bonchev–Trinajstić information content (AvgIpc) is 2.46. The normalized spacial score (nSPS) is 10.8. The highest BCUT2D eigenvalue weighted by atomic mass is 79.9. The third kappa shape index (κ3) is 1.16. The Morgan fingerprint density at radius 1 is 1.42 bits per heavy atom. The molecule has 0 fully saturated rings. The Morgan fingerprint density at radius 2 is 2.25 bits per heavy atom. The van der Waals surface area contributed by atoms with Gasteiger partial charge in [0.1, 0.15) is 5.58 Å². The van der Waals surface area contributed by atoms with Gasteiger partial charge in [0.2, 0.25) is 0 Å². The van der Waals surface area contributed by atoms with Gasteiger partial charge in [-0.05, 0) is 30.2 Å². The zero-order valence-electron chi connectivity index (χ0n) is 6.80. The summed E-state index contributed by atoms with van der Waals surface area (Å²) in [5.74, 6) is 0. The zero-order chi connectivity index (χ0) is 8.55. The van der Waals surface area contributed by atoms with Crippen molar-refractivity contribution in [1.82, 2.24) is 0 Å². The van der Waals surface area contributed by atoms with Crippen LogP contribution >= 0.6 is 15.9 Å². The molecular weight excluding hydrogens is 216 g/mol. The molecule has 1 aromatic carbocycles. The second-order valence-electron chi connectivity index (χ2n) is 2.75. The number of hydrogen-bond donors (Lipinski definition) is 0. The molecule has 0 bridgehead atoms. The fraction of sp³-hybridized carbons (Fsp3) is 0.200. The van der Waals surface area contributed by atoms with E-state index < -0.39 is 0 Å². The summed E-state index contributed by atoms with van der Waals surface area (Å²) in [6.45, 7) is 2.13. The van der Waals surface area contributed by atoms with Crippen molar-refractivity contribution in [2.24, 2.45) is 0 Å². The smallest absolute Gasteiger partial charge is 0.134 e. The fourth-order valence-corrected chi connectivity index (χ4v) is 1.69. The van der Waals surface area contributed by atoms with Crippen molar-refractivity contribution in [3.8, 4) is 0 Å². The van der Waals surface area contributed by atoms with Crippen LogP contribution in [-0.2, 0) is 6.42 Å². The SMILES string of the molecule is CCc1coc2ccc(Br)cc12. The lowest BCUT2D eigenvalue weighted by Crippen LogP contribution is -1.74. The van der Waals surface area contributed by atoms with Crippen LogP contribution in [0.5, 0.6) is 0 Å². The number of halogens is 1. The van der Waals surface area contributed by atoms with Crippen LogP contribution in [0, 0.1) is 0 Å². The molecule has 0 unspecified atom stereocenters. The molecule has 0 atom stereocenters. The summed E-state index contributed by atoms with van der Waals surface area (Å²) < 4.78 is 6.48. The highest BCUT2D eigenvalue weighted by Crippen LogP contribution is 2.24. The second-order valence-corrected chi connectivity index (χ2v) is 3.67. The minimum atomic E-state index is 0.968. The Bertz CT molecular complexity index is 403. The summed E-state index contributed by atoms with van der Waals surface area (Å²) in [7, 11) is 0. The van der Waals surface area contributed by atoms with Crippen molar-refractivity contribution < 1.29 is 4.42 Å². The molecule has 0 aliphatic heterocycles. The van der Waals surface area contributed by atoms with E-state index in [0.717, 1.165) is 16.5 Å². The fourth-order valence-electron chi connectivity index (χ4n) is 1.33. The molecule has 0 saturated heterocycles. The predicted octanol–water partition coefficient (Wildman–Crippen LogP) is 3.76. The molecule has 1 heterocycles. The number of rotatable bonds is 1. The van der Waals surface area contributed by atoms with Gasteiger partial charge in [-0.2, -0.15) is 0 Å². The van der Waals surface area contributed by atoms with Gasteiger partial charge < -0.3 is 4.42 Å². The topological polar surface area (TPSA) is 13.1 Å². The maximum Gasteiger partial charge on any atom is 0.134 e. The average molecular weight is 225 g/mol. The highest BCUT2D eigenvalue weighted by Gasteiger charge is 2.03. The van der Waals surface area contributed by atoms with Crippen molar-refractivity contribution in [3.63, 3.8) is 0 Å². The van der Waals surface area contributed by atoms with Crippen LogP contribution in [0.2, 0.25) is 0 Å². The van der Waals surface area contributed by atoms with Crippen LogP contribution < -0.4 is 0 Å². The van der Waals surface area contributed by atoms with Crippen LogP contribution in [0.3, 0.4) is 0 Å². The lowest BCUT2D eigenvalue weighted by molar-refractivity contribution is 0.611. The molecule has 2 aromatic rings. The van der Waals surface area contributed by atoms with Gasteiger partial charge in [0.05, 0.1) is 6.26 Å². The second kappa shape index (κ2) is 2.94. The number of furan rings is 1. The van der Waals surface area contributed by atoms with E-state index in [1.165, 1.54) is 10.9 Å². The summed E-state index contributed by atoms with van der Waals surface area (Å²) in [5.41, 5.74) is 2.24. The van der Waals surface area contributed by atoms with E-state index in [1.807, 2.05) is 18.4 Å². The van der Waals surface area contributed by atoms with Crippen molar-refractivity contribution in [3.05, 3.63) is 34.5 Å². The molecule has 0 radical (unpaired) electrons. The maximum atomic E-state index is 5.37. The Hall–Kier alpha value is -0.760. The van der Waals surface area contributed by atoms with E-state index in [9.17, 15) is 0 Å². The third-order valence-electron chi connectivity index (χ3n) is 2.00. The molecule has 2 heteroatoms. The van der Waals surface area contributed by atoms with E-state index >= 15 is 0 Å². The van der Waals surface area contributed by atoms with Gasteiger partial charge in [-0.1, -0.05) is 22.9 Å². The standard InChI is InChI=1S/C10H9BrO/c1-2-7-6-12-10-4-3-8(11)5-9(7)10/h3-6H,2H2,1H3. The van der Waals surface area contributed by atoms with Gasteiger partial charge >= 0.3 is 0 Å². The maximum absolute atomic E-state index is 5.37. The molecule has 2 rings (SSSR count). The molecule has 0 aliphatic carbocycles. The van der Waals surface area contributed by atoms with Gasteiger partial charge in [-0.25, -0.2) is 0 Å².